The molecule has 0 aliphatic heterocycles. The molecule has 4 aromatic carbocycles. The van der Waals surface area contributed by atoms with Crippen molar-refractivity contribution in [3.05, 3.63) is 88.9 Å². The second-order valence-electron chi connectivity index (χ2n) is 7.63. The number of pyridine rings is 1. The van der Waals surface area contributed by atoms with Crippen LogP contribution in [0.1, 0.15) is 17.5 Å². The SMILES string of the molecule is Clc1ccccc1-c1nc2ccc3cc4ccccc4cc3c2c2c1CCC2. The first-order valence-electron chi connectivity index (χ1n) is 9.81. The maximum atomic E-state index is 6.53. The smallest absolute Gasteiger partial charge is 0.0759 e. The Labute approximate surface area is 168 Å². The largest absolute Gasteiger partial charge is 0.247 e. The molecule has 5 aromatic rings. The van der Waals surface area contributed by atoms with Gasteiger partial charge in [-0.15, -0.1) is 0 Å². The molecular formula is C26H18ClN. The van der Waals surface area contributed by atoms with Crippen molar-refractivity contribution in [2.45, 2.75) is 19.3 Å². The van der Waals surface area contributed by atoms with Crippen LogP contribution in [0.5, 0.6) is 0 Å². The number of fused-ring (bicyclic) bond motifs is 6. The second kappa shape index (κ2) is 6.05. The van der Waals surface area contributed by atoms with Gasteiger partial charge in [-0.25, -0.2) is 4.98 Å². The minimum Gasteiger partial charge on any atom is -0.247 e. The summed E-state index contributed by atoms with van der Waals surface area (Å²) >= 11 is 6.53. The van der Waals surface area contributed by atoms with E-state index in [0.717, 1.165) is 34.6 Å². The van der Waals surface area contributed by atoms with Crippen LogP contribution in [0.25, 0.3) is 43.7 Å². The molecule has 2 heteroatoms. The Kier molecular flexibility index (Phi) is 3.48. The van der Waals surface area contributed by atoms with Gasteiger partial charge in [0, 0.05) is 16.0 Å². The number of aromatic nitrogens is 1. The van der Waals surface area contributed by atoms with Crippen LogP contribution in [0.3, 0.4) is 0 Å². The fourth-order valence-corrected chi connectivity index (χ4v) is 4.98. The van der Waals surface area contributed by atoms with E-state index in [4.69, 9.17) is 16.6 Å². The van der Waals surface area contributed by atoms with Gasteiger partial charge in [-0.05, 0) is 76.2 Å². The van der Waals surface area contributed by atoms with Crippen LogP contribution in [0, 0.1) is 0 Å². The van der Waals surface area contributed by atoms with E-state index < -0.39 is 0 Å². The van der Waals surface area contributed by atoms with Crippen molar-refractivity contribution in [3.63, 3.8) is 0 Å². The van der Waals surface area contributed by atoms with Crippen LogP contribution < -0.4 is 0 Å². The highest BCUT2D eigenvalue weighted by molar-refractivity contribution is 6.33. The predicted octanol–water partition coefficient (Wildman–Crippen LogP) is 7.35. The molecule has 0 amide bonds. The van der Waals surface area contributed by atoms with E-state index in [0.29, 0.717) is 0 Å². The van der Waals surface area contributed by atoms with E-state index in [1.165, 1.54) is 44.5 Å². The minimum atomic E-state index is 0.773. The quantitative estimate of drug-likeness (QED) is 0.219. The third kappa shape index (κ3) is 2.30. The Hall–Kier alpha value is -2.90. The summed E-state index contributed by atoms with van der Waals surface area (Å²) in [6.45, 7) is 0. The first kappa shape index (κ1) is 16.1. The molecule has 0 unspecified atom stereocenters. The average molecular weight is 380 g/mol. The maximum Gasteiger partial charge on any atom is 0.0759 e. The van der Waals surface area contributed by atoms with Gasteiger partial charge in [0.1, 0.15) is 0 Å². The van der Waals surface area contributed by atoms with Crippen LogP contribution >= 0.6 is 11.6 Å². The van der Waals surface area contributed by atoms with Gasteiger partial charge in [0.2, 0.25) is 0 Å². The van der Waals surface area contributed by atoms with Gasteiger partial charge in [-0.1, -0.05) is 60.1 Å². The average Bonchev–Trinajstić information content (AvgIpc) is 3.22. The van der Waals surface area contributed by atoms with E-state index in [2.05, 4.69) is 54.6 Å². The molecule has 0 bridgehead atoms. The summed E-state index contributed by atoms with van der Waals surface area (Å²) in [6, 6.07) is 25.7. The molecule has 0 saturated carbocycles. The van der Waals surface area contributed by atoms with Gasteiger partial charge < -0.3 is 0 Å². The maximum absolute atomic E-state index is 6.53. The lowest BCUT2D eigenvalue weighted by Crippen LogP contribution is -1.97. The van der Waals surface area contributed by atoms with Crippen LogP contribution in [-0.2, 0) is 12.8 Å². The third-order valence-corrected chi connectivity index (χ3v) is 6.36. The molecule has 0 spiro atoms. The number of halogens is 1. The van der Waals surface area contributed by atoms with Gasteiger partial charge in [0.15, 0.2) is 0 Å². The zero-order chi connectivity index (χ0) is 18.7. The summed E-state index contributed by atoms with van der Waals surface area (Å²) in [6.07, 6.45) is 3.36. The van der Waals surface area contributed by atoms with E-state index in [-0.39, 0.29) is 0 Å². The molecule has 0 saturated heterocycles. The fourth-order valence-electron chi connectivity index (χ4n) is 4.76. The number of hydrogen-bond donors (Lipinski definition) is 0. The van der Waals surface area contributed by atoms with Crippen molar-refractivity contribution >= 4 is 44.0 Å². The Balaban J connectivity index is 1.75. The monoisotopic (exact) mass is 379 g/mol. The fraction of sp³-hybridized carbons (Fsp3) is 0.115. The molecule has 1 aromatic heterocycles. The van der Waals surface area contributed by atoms with Gasteiger partial charge >= 0.3 is 0 Å². The first-order chi connectivity index (χ1) is 13.8. The molecule has 0 atom stereocenters. The zero-order valence-corrected chi connectivity index (χ0v) is 16.1. The number of nitrogens with zero attached hydrogens (tertiary/aromatic N) is 1. The minimum absolute atomic E-state index is 0.773. The summed E-state index contributed by atoms with van der Waals surface area (Å²) in [4.78, 5) is 5.12. The Morgan fingerprint density at radius 2 is 1.46 bits per heavy atom. The number of benzene rings is 4. The Morgan fingerprint density at radius 1 is 0.714 bits per heavy atom. The lowest BCUT2D eigenvalue weighted by molar-refractivity contribution is 0.913. The normalized spacial score (nSPS) is 13.5. The molecular weight excluding hydrogens is 362 g/mol. The Bertz CT molecular complexity index is 1400. The molecule has 134 valence electrons. The van der Waals surface area contributed by atoms with E-state index in [9.17, 15) is 0 Å². The van der Waals surface area contributed by atoms with Gasteiger partial charge in [-0.2, -0.15) is 0 Å². The zero-order valence-electron chi connectivity index (χ0n) is 15.4. The molecule has 6 rings (SSSR count). The standard InChI is InChI=1S/C26H18ClN/c27-23-11-4-3-8-21(23)26-20-10-5-9-19(20)25-22-15-17-7-2-1-6-16(17)14-18(22)12-13-24(25)28-26/h1-4,6-8,11-15H,5,9-10H2. The molecule has 0 N–H and O–H groups in total. The predicted molar refractivity (Wildman–Crippen MR) is 119 cm³/mol. The molecule has 1 nitrogen and oxygen atoms in total. The molecule has 1 aliphatic rings. The summed E-state index contributed by atoms with van der Waals surface area (Å²) in [5.74, 6) is 0. The highest BCUT2D eigenvalue weighted by Crippen LogP contribution is 2.41. The summed E-state index contributed by atoms with van der Waals surface area (Å²) in [5.41, 5.74) is 6.01. The van der Waals surface area contributed by atoms with Crippen molar-refractivity contribution < 1.29 is 0 Å². The third-order valence-electron chi connectivity index (χ3n) is 6.03. The van der Waals surface area contributed by atoms with Crippen LogP contribution in [0.2, 0.25) is 5.02 Å². The molecule has 1 heterocycles. The van der Waals surface area contributed by atoms with E-state index in [1.54, 1.807) is 0 Å². The summed E-state index contributed by atoms with van der Waals surface area (Å²) in [7, 11) is 0. The van der Waals surface area contributed by atoms with Crippen LogP contribution in [0.15, 0.2) is 72.8 Å². The first-order valence-corrected chi connectivity index (χ1v) is 10.2. The Morgan fingerprint density at radius 3 is 2.32 bits per heavy atom. The highest BCUT2D eigenvalue weighted by Gasteiger charge is 2.23. The summed E-state index contributed by atoms with van der Waals surface area (Å²) in [5, 5.41) is 7.26. The van der Waals surface area contributed by atoms with Crippen molar-refractivity contribution in [1.29, 1.82) is 0 Å². The lowest BCUT2D eigenvalue weighted by atomic mass is 9.94. The van der Waals surface area contributed by atoms with Gasteiger partial charge in [-0.3, -0.25) is 0 Å². The summed E-state index contributed by atoms with van der Waals surface area (Å²) < 4.78 is 0. The second-order valence-corrected chi connectivity index (χ2v) is 8.04. The van der Waals surface area contributed by atoms with Crippen molar-refractivity contribution in [2.24, 2.45) is 0 Å². The van der Waals surface area contributed by atoms with E-state index in [1.807, 2.05) is 18.2 Å². The van der Waals surface area contributed by atoms with Crippen molar-refractivity contribution in [1.82, 2.24) is 4.98 Å². The topological polar surface area (TPSA) is 12.9 Å². The van der Waals surface area contributed by atoms with Crippen molar-refractivity contribution in [3.8, 4) is 11.3 Å². The molecule has 1 aliphatic carbocycles. The molecule has 0 radical (unpaired) electrons. The van der Waals surface area contributed by atoms with Gasteiger partial charge in [0.25, 0.3) is 0 Å². The van der Waals surface area contributed by atoms with E-state index >= 15 is 0 Å². The number of hydrogen-bond acceptors (Lipinski definition) is 1. The molecule has 0 fully saturated rings. The molecule has 28 heavy (non-hydrogen) atoms. The van der Waals surface area contributed by atoms with Crippen molar-refractivity contribution in [2.75, 3.05) is 0 Å². The number of rotatable bonds is 1. The lowest BCUT2D eigenvalue weighted by Gasteiger charge is -2.15. The van der Waals surface area contributed by atoms with Crippen LogP contribution in [-0.4, -0.2) is 4.98 Å². The van der Waals surface area contributed by atoms with Gasteiger partial charge in [0.05, 0.1) is 11.2 Å². The number of aryl methyl sites for hydroxylation is 1. The van der Waals surface area contributed by atoms with Crippen LogP contribution in [0.4, 0.5) is 0 Å². The highest BCUT2D eigenvalue weighted by atomic mass is 35.5.